The zero-order valence-electron chi connectivity index (χ0n) is 17.3. The van der Waals surface area contributed by atoms with Crippen molar-refractivity contribution in [2.24, 2.45) is 0 Å². The quantitative estimate of drug-likeness (QED) is 0.399. The molecule has 34 heavy (non-hydrogen) atoms. The van der Waals surface area contributed by atoms with Crippen LogP contribution in [-0.2, 0) is 5.41 Å². The topological polar surface area (TPSA) is 85.1 Å². The molecular formula is C24H15ClF3N3O3. The van der Waals surface area contributed by atoms with Gasteiger partial charge in [0.25, 0.3) is 5.91 Å². The number of carbonyl (C=O) groups is 2. The summed E-state index contributed by atoms with van der Waals surface area (Å²) in [5.74, 6) is -2.91. The molecule has 1 aliphatic rings. The molecule has 0 radical (unpaired) electrons. The molecule has 2 aromatic carbocycles. The highest BCUT2D eigenvalue weighted by Crippen LogP contribution is 2.54. The zero-order valence-corrected chi connectivity index (χ0v) is 18.1. The van der Waals surface area contributed by atoms with Crippen molar-refractivity contribution in [1.82, 2.24) is 14.8 Å². The smallest absolute Gasteiger partial charge is 0.335 e. The number of rotatable bonds is 5. The SMILES string of the molecule is O=C(O)c1ccc(-c2nn(C(=O)c3c(Cl)cccc3C3(C(F)F)CC3)c3cccnc23)c(F)c1. The molecule has 4 aromatic rings. The van der Waals surface area contributed by atoms with E-state index in [-0.39, 0.29) is 56.8 Å². The first-order valence-electron chi connectivity index (χ1n) is 10.2. The lowest BCUT2D eigenvalue weighted by Crippen LogP contribution is -2.24. The zero-order chi connectivity index (χ0) is 24.2. The van der Waals surface area contributed by atoms with Gasteiger partial charge in [-0.15, -0.1) is 0 Å². The van der Waals surface area contributed by atoms with E-state index >= 15 is 0 Å². The first-order valence-corrected chi connectivity index (χ1v) is 10.6. The fourth-order valence-electron chi connectivity index (χ4n) is 4.13. The third kappa shape index (κ3) is 3.35. The van der Waals surface area contributed by atoms with E-state index in [9.17, 15) is 22.8 Å². The van der Waals surface area contributed by atoms with Crippen LogP contribution < -0.4 is 0 Å². The minimum absolute atomic E-state index is 0.000469. The Morgan fingerprint density at radius 3 is 2.53 bits per heavy atom. The van der Waals surface area contributed by atoms with Gasteiger partial charge in [-0.25, -0.2) is 18.0 Å². The molecule has 0 amide bonds. The number of hydrogen-bond acceptors (Lipinski definition) is 4. The van der Waals surface area contributed by atoms with Crippen molar-refractivity contribution >= 4 is 34.5 Å². The van der Waals surface area contributed by atoms with Crippen molar-refractivity contribution in [3.05, 3.63) is 82.3 Å². The molecule has 172 valence electrons. The highest BCUT2D eigenvalue weighted by Gasteiger charge is 2.54. The fourth-order valence-corrected chi connectivity index (χ4v) is 4.39. The number of aromatic nitrogens is 3. The number of hydrogen-bond donors (Lipinski definition) is 1. The number of halogens is 4. The van der Waals surface area contributed by atoms with E-state index < -0.39 is 29.5 Å². The van der Waals surface area contributed by atoms with Crippen LogP contribution in [0.15, 0.2) is 54.7 Å². The van der Waals surface area contributed by atoms with Crippen LogP contribution in [0.25, 0.3) is 22.3 Å². The number of alkyl halides is 2. The molecule has 0 bridgehead atoms. The fraction of sp³-hybridized carbons (Fsp3) is 0.167. The predicted octanol–water partition coefficient (Wildman–Crippen LogP) is 5.57. The molecule has 0 unspecified atom stereocenters. The number of carboxylic acids is 1. The number of aromatic carboxylic acids is 1. The van der Waals surface area contributed by atoms with Gasteiger partial charge < -0.3 is 5.11 Å². The monoisotopic (exact) mass is 485 g/mol. The Balaban J connectivity index is 1.70. The van der Waals surface area contributed by atoms with Crippen molar-refractivity contribution in [3.63, 3.8) is 0 Å². The van der Waals surface area contributed by atoms with Gasteiger partial charge in [-0.05, 0) is 54.8 Å². The first kappa shape index (κ1) is 22.1. The number of carbonyl (C=O) groups excluding carboxylic acids is 1. The molecule has 0 spiro atoms. The van der Waals surface area contributed by atoms with E-state index in [0.29, 0.717) is 0 Å². The van der Waals surface area contributed by atoms with Crippen LogP contribution in [0.4, 0.5) is 13.2 Å². The highest BCUT2D eigenvalue weighted by atomic mass is 35.5. The molecule has 2 aromatic heterocycles. The van der Waals surface area contributed by atoms with Gasteiger partial charge in [-0.1, -0.05) is 23.7 Å². The van der Waals surface area contributed by atoms with Crippen LogP contribution in [0.2, 0.25) is 5.02 Å². The summed E-state index contributed by atoms with van der Waals surface area (Å²) in [5, 5.41) is 13.4. The van der Waals surface area contributed by atoms with Crippen LogP contribution in [0, 0.1) is 5.82 Å². The second kappa shape index (κ2) is 7.95. The maximum absolute atomic E-state index is 14.8. The molecule has 10 heteroatoms. The number of pyridine rings is 1. The Morgan fingerprint density at radius 2 is 1.88 bits per heavy atom. The van der Waals surface area contributed by atoms with E-state index in [1.807, 2.05) is 0 Å². The van der Waals surface area contributed by atoms with Crippen molar-refractivity contribution in [1.29, 1.82) is 0 Å². The second-order valence-electron chi connectivity index (χ2n) is 8.06. The molecule has 1 N–H and O–H groups in total. The van der Waals surface area contributed by atoms with Gasteiger partial charge in [-0.2, -0.15) is 9.78 Å². The van der Waals surface area contributed by atoms with Crippen molar-refractivity contribution in [2.75, 3.05) is 0 Å². The molecule has 0 aliphatic heterocycles. The third-order valence-corrected chi connectivity index (χ3v) is 6.39. The number of carboxylic acid groups (broad SMARTS) is 1. The molecule has 1 aliphatic carbocycles. The summed E-state index contributed by atoms with van der Waals surface area (Å²) in [4.78, 5) is 29.0. The van der Waals surface area contributed by atoms with E-state index in [0.717, 1.165) is 10.7 Å². The Bertz CT molecular complexity index is 1480. The average molecular weight is 486 g/mol. The van der Waals surface area contributed by atoms with Gasteiger partial charge >= 0.3 is 5.97 Å². The number of benzene rings is 2. The predicted molar refractivity (Wildman–Crippen MR) is 118 cm³/mol. The Morgan fingerprint density at radius 1 is 1.12 bits per heavy atom. The molecular weight excluding hydrogens is 471 g/mol. The molecule has 6 nitrogen and oxygen atoms in total. The Kier molecular flexibility index (Phi) is 5.16. The van der Waals surface area contributed by atoms with Crippen molar-refractivity contribution < 1.29 is 27.9 Å². The van der Waals surface area contributed by atoms with Crippen LogP contribution in [0.5, 0.6) is 0 Å². The van der Waals surface area contributed by atoms with E-state index in [4.69, 9.17) is 16.7 Å². The number of nitrogens with zero attached hydrogens (tertiary/aromatic N) is 3. The number of fused-ring (bicyclic) bond motifs is 1. The van der Waals surface area contributed by atoms with Gasteiger partial charge in [0.1, 0.15) is 17.0 Å². The molecule has 5 rings (SSSR count). The van der Waals surface area contributed by atoms with Crippen LogP contribution in [0.1, 0.15) is 39.1 Å². The molecule has 2 heterocycles. The van der Waals surface area contributed by atoms with Crippen LogP contribution in [-0.4, -0.2) is 38.2 Å². The summed E-state index contributed by atoms with van der Waals surface area (Å²) in [5.41, 5.74) is -1.31. The van der Waals surface area contributed by atoms with Crippen LogP contribution in [0.3, 0.4) is 0 Å². The lowest BCUT2D eigenvalue weighted by molar-refractivity contribution is 0.0696. The lowest BCUT2D eigenvalue weighted by Gasteiger charge is -2.19. The third-order valence-electron chi connectivity index (χ3n) is 6.07. The molecule has 0 saturated heterocycles. The summed E-state index contributed by atoms with van der Waals surface area (Å²) in [6.07, 6.45) is -0.799. The molecule has 0 atom stereocenters. The summed E-state index contributed by atoms with van der Waals surface area (Å²) >= 11 is 6.32. The van der Waals surface area contributed by atoms with E-state index in [2.05, 4.69) is 10.1 Å². The van der Waals surface area contributed by atoms with Crippen LogP contribution >= 0.6 is 11.6 Å². The maximum atomic E-state index is 14.8. The summed E-state index contributed by atoms with van der Waals surface area (Å²) < 4.78 is 43.5. The van der Waals surface area contributed by atoms with Gasteiger partial charge in [-0.3, -0.25) is 9.78 Å². The standard InChI is InChI=1S/C24H15ClF3N3O3/c25-15-4-1-3-14(24(8-9-24)23(27)28)18(15)21(32)31-17-5-2-10-29-20(17)19(30-31)13-7-6-12(22(33)34)11-16(13)26/h1-7,10-11,23H,8-9H2,(H,33,34). The average Bonchev–Trinajstić information content (AvgIpc) is 3.54. The van der Waals surface area contributed by atoms with Gasteiger partial charge in [0.05, 0.1) is 27.1 Å². The minimum Gasteiger partial charge on any atom is -0.478 e. The molecule has 1 fully saturated rings. The summed E-state index contributed by atoms with van der Waals surface area (Å²) in [6.45, 7) is 0. The minimum atomic E-state index is -2.68. The van der Waals surface area contributed by atoms with Gasteiger partial charge in [0.15, 0.2) is 0 Å². The van der Waals surface area contributed by atoms with Crippen molar-refractivity contribution in [3.8, 4) is 11.3 Å². The summed E-state index contributed by atoms with van der Waals surface area (Å²) in [6, 6.07) is 10.8. The van der Waals surface area contributed by atoms with Crippen molar-refractivity contribution in [2.45, 2.75) is 24.7 Å². The lowest BCUT2D eigenvalue weighted by atomic mass is 9.91. The molecule has 1 saturated carbocycles. The Labute approximate surface area is 195 Å². The maximum Gasteiger partial charge on any atom is 0.335 e. The highest BCUT2D eigenvalue weighted by molar-refractivity contribution is 6.34. The van der Waals surface area contributed by atoms with E-state index in [1.54, 1.807) is 6.07 Å². The van der Waals surface area contributed by atoms with Gasteiger partial charge in [0.2, 0.25) is 6.43 Å². The van der Waals surface area contributed by atoms with Gasteiger partial charge in [0, 0.05) is 11.8 Å². The second-order valence-corrected chi connectivity index (χ2v) is 8.46. The Hall–Kier alpha value is -3.72. The first-order chi connectivity index (χ1) is 16.2. The normalized spacial score (nSPS) is 14.5. The summed E-state index contributed by atoms with van der Waals surface area (Å²) in [7, 11) is 0. The largest absolute Gasteiger partial charge is 0.478 e. The van der Waals surface area contributed by atoms with E-state index in [1.165, 1.54) is 42.6 Å².